The van der Waals surface area contributed by atoms with Crippen molar-refractivity contribution >= 4 is 5.97 Å². The van der Waals surface area contributed by atoms with Gasteiger partial charge in [0, 0.05) is 19.1 Å². The van der Waals surface area contributed by atoms with Crippen molar-refractivity contribution in [2.75, 3.05) is 46.4 Å². The third-order valence-corrected chi connectivity index (χ3v) is 4.26. The first-order chi connectivity index (χ1) is 9.24. The van der Waals surface area contributed by atoms with Crippen LogP contribution in [-0.4, -0.2) is 74.2 Å². The van der Waals surface area contributed by atoms with Crippen LogP contribution >= 0.6 is 0 Å². The topological polar surface area (TPSA) is 44.8 Å². The summed E-state index contributed by atoms with van der Waals surface area (Å²) in [6.45, 7) is 7.77. The lowest BCUT2D eigenvalue weighted by Gasteiger charge is -2.25. The quantitative estimate of drug-likeness (QED) is 0.703. The molecular weight excluding hydrogens is 242 g/mol. The number of rotatable bonds is 6. The van der Waals surface area contributed by atoms with E-state index >= 15 is 0 Å². The average Bonchev–Trinajstić information content (AvgIpc) is 3.06. The molecule has 0 aromatic carbocycles. The second-order valence-corrected chi connectivity index (χ2v) is 5.54. The van der Waals surface area contributed by atoms with Crippen molar-refractivity contribution in [1.82, 2.24) is 15.1 Å². The molecule has 5 nitrogen and oxygen atoms in total. The normalized spacial score (nSPS) is 26.7. The first-order valence-corrected chi connectivity index (χ1v) is 7.55. The van der Waals surface area contributed by atoms with Crippen LogP contribution in [0.5, 0.6) is 0 Å². The molecule has 19 heavy (non-hydrogen) atoms. The minimum Gasteiger partial charge on any atom is -0.465 e. The standard InChI is InChI=1S/C14H27N3O2/c1-3-19-14(18)13(15-2)11-16-9-6-12(10-16)17-7-4-5-8-17/h12-13,15H,3-11H2,1-2H3. The zero-order valence-electron chi connectivity index (χ0n) is 12.2. The molecule has 2 atom stereocenters. The molecule has 0 bridgehead atoms. The van der Waals surface area contributed by atoms with Crippen molar-refractivity contribution in [2.24, 2.45) is 0 Å². The van der Waals surface area contributed by atoms with Crippen LogP contribution in [0.2, 0.25) is 0 Å². The van der Waals surface area contributed by atoms with Crippen LogP contribution < -0.4 is 5.32 Å². The summed E-state index contributed by atoms with van der Waals surface area (Å²) >= 11 is 0. The minimum absolute atomic E-state index is 0.130. The number of carbonyl (C=O) groups excluding carboxylic acids is 1. The number of ether oxygens (including phenoxy) is 1. The molecule has 0 spiro atoms. The van der Waals surface area contributed by atoms with E-state index in [0.717, 1.165) is 19.6 Å². The van der Waals surface area contributed by atoms with Crippen molar-refractivity contribution in [3.63, 3.8) is 0 Å². The minimum atomic E-state index is -0.197. The average molecular weight is 269 g/mol. The van der Waals surface area contributed by atoms with E-state index in [1.54, 1.807) is 0 Å². The Hall–Kier alpha value is -0.650. The van der Waals surface area contributed by atoms with Crippen LogP contribution in [0, 0.1) is 0 Å². The number of hydrogen-bond acceptors (Lipinski definition) is 5. The largest absolute Gasteiger partial charge is 0.465 e. The van der Waals surface area contributed by atoms with Crippen LogP contribution in [0.25, 0.3) is 0 Å². The number of esters is 1. The molecule has 0 radical (unpaired) electrons. The molecule has 0 aliphatic carbocycles. The van der Waals surface area contributed by atoms with E-state index in [4.69, 9.17) is 4.74 Å². The molecule has 0 amide bonds. The maximum atomic E-state index is 11.8. The Kier molecular flexibility index (Phi) is 5.60. The van der Waals surface area contributed by atoms with Gasteiger partial charge in [-0.25, -0.2) is 0 Å². The van der Waals surface area contributed by atoms with Gasteiger partial charge in [0.15, 0.2) is 0 Å². The predicted molar refractivity (Wildman–Crippen MR) is 75.1 cm³/mol. The first kappa shape index (κ1) is 14.8. The summed E-state index contributed by atoms with van der Waals surface area (Å²) in [7, 11) is 1.83. The van der Waals surface area contributed by atoms with E-state index in [2.05, 4.69) is 15.1 Å². The predicted octanol–water partition coefficient (Wildman–Crippen LogP) is 0.308. The third-order valence-electron chi connectivity index (χ3n) is 4.26. The van der Waals surface area contributed by atoms with Gasteiger partial charge in [-0.3, -0.25) is 14.6 Å². The summed E-state index contributed by atoms with van der Waals surface area (Å²) in [6, 6.07) is 0.500. The maximum absolute atomic E-state index is 11.8. The molecular formula is C14H27N3O2. The second kappa shape index (κ2) is 7.22. The monoisotopic (exact) mass is 269 g/mol. The zero-order chi connectivity index (χ0) is 13.7. The van der Waals surface area contributed by atoms with Crippen molar-refractivity contribution in [2.45, 2.75) is 38.3 Å². The lowest BCUT2D eigenvalue weighted by Crippen LogP contribution is -2.45. The molecule has 2 saturated heterocycles. The van der Waals surface area contributed by atoms with Gasteiger partial charge < -0.3 is 10.1 Å². The summed E-state index contributed by atoms with van der Waals surface area (Å²) in [5.74, 6) is -0.130. The van der Waals surface area contributed by atoms with E-state index in [-0.39, 0.29) is 12.0 Å². The summed E-state index contributed by atoms with van der Waals surface area (Å²) < 4.78 is 5.09. The molecule has 110 valence electrons. The van der Waals surface area contributed by atoms with Crippen LogP contribution in [0.3, 0.4) is 0 Å². The third kappa shape index (κ3) is 3.91. The molecule has 5 heteroatoms. The number of carbonyl (C=O) groups is 1. The highest BCUT2D eigenvalue weighted by molar-refractivity contribution is 5.76. The Morgan fingerprint density at radius 2 is 2.11 bits per heavy atom. The van der Waals surface area contributed by atoms with Crippen molar-refractivity contribution < 1.29 is 9.53 Å². The fourth-order valence-electron chi connectivity index (χ4n) is 3.17. The molecule has 0 saturated carbocycles. The van der Waals surface area contributed by atoms with Crippen LogP contribution in [0.1, 0.15) is 26.2 Å². The maximum Gasteiger partial charge on any atom is 0.324 e. The van der Waals surface area contributed by atoms with E-state index in [1.807, 2.05) is 14.0 Å². The summed E-state index contributed by atoms with van der Waals surface area (Å²) in [5.41, 5.74) is 0. The first-order valence-electron chi connectivity index (χ1n) is 7.55. The van der Waals surface area contributed by atoms with Gasteiger partial charge in [0.1, 0.15) is 6.04 Å². The Morgan fingerprint density at radius 3 is 2.74 bits per heavy atom. The number of likely N-dealkylation sites (N-methyl/N-ethyl adjacent to an activating group) is 1. The summed E-state index contributed by atoms with van der Waals surface area (Å²) in [4.78, 5) is 16.8. The lowest BCUT2D eigenvalue weighted by atomic mass is 10.2. The fourth-order valence-corrected chi connectivity index (χ4v) is 3.17. The van der Waals surface area contributed by atoms with E-state index in [0.29, 0.717) is 12.6 Å². The van der Waals surface area contributed by atoms with Gasteiger partial charge in [-0.05, 0) is 52.9 Å². The molecule has 1 N–H and O–H groups in total. The fraction of sp³-hybridized carbons (Fsp3) is 0.929. The molecule has 0 aromatic rings. The highest BCUT2D eigenvalue weighted by atomic mass is 16.5. The van der Waals surface area contributed by atoms with Crippen molar-refractivity contribution in [1.29, 1.82) is 0 Å². The van der Waals surface area contributed by atoms with Gasteiger partial charge in [0.25, 0.3) is 0 Å². The molecule has 2 aliphatic heterocycles. The Balaban J connectivity index is 1.78. The SMILES string of the molecule is CCOC(=O)C(CN1CCC(N2CCCC2)C1)NC. The number of hydrogen-bond donors (Lipinski definition) is 1. The van der Waals surface area contributed by atoms with Gasteiger partial charge in [-0.2, -0.15) is 0 Å². The highest BCUT2D eigenvalue weighted by Crippen LogP contribution is 2.20. The van der Waals surface area contributed by atoms with Gasteiger partial charge in [-0.1, -0.05) is 0 Å². The van der Waals surface area contributed by atoms with Crippen molar-refractivity contribution in [3.8, 4) is 0 Å². The van der Waals surface area contributed by atoms with Gasteiger partial charge in [-0.15, -0.1) is 0 Å². The molecule has 2 fully saturated rings. The number of nitrogens with zero attached hydrogens (tertiary/aromatic N) is 2. The van der Waals surface area contributed by atoms with E-state index in [9.17, 15) is 4.79 Å². The van der Waals surface area contributed by atoms with Crippen LogP contribution in [0.4, 0.5) is 0 Å². The van der Waals surface area contributed by atoms with E-state index in [1.165, 1.54) is 32.4 Å². The van der Waals surface area contributed by atoms with Gasteiger partial charge in [0.2, 0.25) is 0 Å². The van der Waals surface area contributed by atoms with Crippen LogP contribution in [0.15, 0.2) is 0 Å². The molecule has 0 aromatic heterocycles. The molecule has 2 heterocycles. The summed E-state index contributed by atoms with van der Waals surface area (Å²) in [5, 5.41) is 3.07. The summed E-state index contributed by atoms with van der Waals surface area (Å²) in [6.07, 6.45) is 3.93. The molecule has 2 aliphatic rings. The second-order valence-electron chi connectivity index (χ2n) is 5.54. The number of likely N-dealkylation sites (tertiary alicyclic amines) is 2. The Bertz CT molecular complexity index is 292. The van der Waals surface area contributed by atoms with Crippen LogP contribution in [-0.2, 0) is 9.53 Å². The smallest absolute Gasteiger partial charge is 0.324 e. The Morgan fingerprint density at radius 1 is 1.37 bits per heavy atom. The number of nitrogens with one attached hydrogen (secondary N) is 1. The van der Waals surface area contributed by atoms with Gasteiger partial charge >= 0.3 is 5.97 Å². The lowest BCUT2D eigenvalue weighted by molar-refractivity contribution is -0.146. The van der Waals surface area contributed by atoms with Crippen molar-refractivity contribution in [3.05, 3.63) is 0 Å². The highest BCUT2D eigenvalue weighted by Gasteiger charge is 2.31. The van der Waals surface area contributed by atoms with Gasteiger partial charge in [0.05, 0.1) is 6.61 Å². The molecule has 2 unspecified atom stereocenters. The molecule has 2 rings (SSSR count). The van der Waals surface area contributed by atoms with E-state index < -0.39 is 0 Å². The zero-order valence-corrected chi connectivity index (χ0v) is 12.2. The Labute approximate surface area is 116 Å².